The van der Waals surface area contributed by atoms with E-state index >= 15 is 0 Å². The smallest absolute Gasteiger partial charge is 0.321 e. The normalized spacial score (nSPS) is 11.8. The Balaban J connectivity index is 2.90. The number of rotatable bonds is 3. The Morgan fingerprint density at radius 2 is 2.20 bits per heavy atom. The van der Waals surface area contributed by atoms with Crippen LogP contribution in [0.3, 0.4) is 0 Å². The molecule has 0 amide bonds. The molecule has 1 aromatic rings. The molecule has 0 spiro atoms. The first-order valence-electron chi connectivity index (χ1n) is 4.11. The lowest BCUT2D eigenvalue weighted by molar-refractivity contribution is -0.139. The van der Waals surface area contributed by atoms with Gasteiger partial charge in [-0.05, 0) is 17.7 Å². The van der Waals surface area contributed by atoms with Crippen LogP contribution in [0.5, 0.6) is 0 Å². The van der Waals surface area contributed by atoms with Crippen molar-refractivity contribution in [2.45, 2.75) is 6.42 Å². The minimum Gasteiger partial charge on any atom is -0.480 e. The fourth-order valence-corrected chi connectivity index (χ4v) is 1.58. The first kappa shape index (κ1) is 11.8. The van der Waals surface area contributed by atoms with Gasteiger partial charge < -0.3 is 5.11 Å². The summed E-state index contributed by atoms with van der Waals surface area (Å²) in [6.45, 7) is 0. The molecule has 0 aliphatic carbocycles. The summed E-state index contributed by atoms with van der Waals surface area (Å²) in [5.74, 6) is -2.23. The van der Waals surface area contributed by atoms with Crippen LogP contribution in [0.1, 0.15) is 5.56 Å². The summed E-state index contributed by atoms with van der Waals surface area (Å²) < 4.78 is 0. The fraction of sp³-hybridized carbons (Fsp3) is 0.200. The molecule has 0 heterocycles. The fourth-order valence-electron chi connectivity index (χ4n) is 1.10. The summed E-state index contributed by atoms with van der Waals surface area (Å²) in [7, 11) is 0. The van der Waals surface area contributed by atoms with Gasteiger partial charge in [0.25, 0.3) is 0 Å². The average molecular weight is 244 g/mol. The second-order valence-electron chi connectivity index (χ2n) is 2.96. The number of nitrogens with zero attached hydrogens (tertiary/aromatic N) is 1. The lowest BCUT2D eigenvalue weighted by Crippen LogP contribution is -2.14. The molecule has 0 aliphatic rings. The van der Waals surface area contributed by atoms with Crippen molar-refractivity contribution >= 4 is 29.2 Å². The van der Waals surface area contributed by atoms with Gasteiger partial charge in [-0.25, -0.2) is 0 Å². The Kier molecular flexibility index (Phi) is 3.96. The molecule has 0 saturated heterocycles. The van der Waals surface area contributed by atoms with E-state index in [0.717, 1.165) is 0 Å². The third kappa shape index (κ3) is 3.12. The summed E-state index contributed by atoms with van der Waals surface area (Å²) in [6.07, 6.45) is 0.0852. The SMILES string of the molecule is N#CC(Cc1ccc(Cl)cc1Cl)C(=O)O. The van der Waals surface area contributed by atoms with E-state index in [0.29, 0.717) is 15.6 Å². The molecule has 1 aromatic carbocycles. The first-order valence-corrected chi connectivity index (χ1v) is 4.86. The summed E-state index contributed by atoms with van der Waals surface area (Å²) in [5.41, 5.74) is 0.606. The average Bonchev–Trinajstić information content (AvgIpc) is 2.16. The van der Waals surface area contributed by atoms with Crippen LogP contribution in [0, 0.1) is 17.2 Å². The summed E-state index contributed by atoms with van der Waals surface area (Å²) in [5, 5.41) is 18.1. The lowest BCUT2D eigenvalue weighted by atomic mass is 10.0. The van der Waals surface area contributed by atoms with E-state index in [2.05, 4.69) is 0 Å². The number of halogens is 2. The molecule has 0 aromatic heterocycles. The zero-order chi connectivity index (χ0) is 11.4. The molecule has 1 N–H and O–H groups in total. The zero-order valence-corrected chi connectivity index (χ0v) is 9.09. The van der Waals surface area contributed by atoms with Crippen LogP contribution in [-0.2, 0) is 11.2 Å². The summed E-state index contributed by atoms with van der Waals surface area (Å²) in [6, 6.07) is 6.46. The highest BCUT2D eigenvalue weighted by Crippen LogP contribution is 2.23. The van der Waals surface area contributed by atoms with Crippen LogP contribution in [-0.4, -0.2) is 11.1 Å². The van der Waals surface area contributed by atoms with Crippen molar-refractivity contribution in [1.29, 1.82) is 5.26 Å². The van der Waals surface area contributed by atoms with E-state index in [4.69, 9.17) is 33.6 Å². The Bertz CT molecular complexity index is 426. The van der Waals surface area contributed by atoms with Gasteiger partial charge in [-0.1, -0.05) is 29.3 Å². The molecule has 0 bridgehead atoms. The number of hydrogen-bond donors (Lipinski definition) is 1. The Morgan fingerprint density at radius 1 is 1.53 bits per heavy atom. The maximum Gasteiger partial charge on any atom is 0.321 e. The van der Waals surface area contributed by atoms with Crippen molar-refractivity contribution in [3.8, 4) is 6.07 Å². The van der Waals surface area contributed by atoms with E-state index < -0.39 is 11.9 Å². The maximum atomic E-state index is 10.6. The number of carboxylic acids is 1. The molecular formula is C10H7Cl2NO2. The van der Waals surface area contributed by atoms with Gasteiger partial charge >= 0.3 is 5.97 Å². The van der Waals surface area contributed by atoms with Gasteiger partial charge in [0.1, 0.15) is 5.92 Å². The van der Waals surface area contributed by atoms with E-state index in [9.17, 15) is 4.79 Å². The van der Waals surface area contributed by atoms with Crippen molar-refractivity contribution in [2.75, 3.05) is 0 Å². The van der Waals surface area contributed by atoms with E-state index in [1.54, 1.807) is 18.2 Å². The third-order valence-corrected chi connectivity index (χ3v) is 2.48. The molecule has 0 fully saturated rings. The molecule has 0 aliphatic heterocycles. The monoisotopic (exact) mass is 243 g/mol. The molecule has 1 rings (SSSR count). The van der Waals surface area contributed by atoms with Gasteiger partial charge in [0, 0.05) is 16.5 Å². The molecule has 0 saturated carbocycles. The second kappa shape index (κ2) is 5.01. The third-order valence-electron chi connectivity index (χ3n) is 1.89. The van der Waals surface area contributed by atoms with Gasteiger partial charge in [-0.15, -0.1) is 0 Å². The first-order chi connectivity index (χ1) is 7.04. The summed E-state index contributed by atoms with van der Waals surface area (Å²) >= 11 is 11.5. The zero-order valence-electron chi connectivity index (χ0n) is 7.58. The predicted molar refractivity (Wildman–Crippen MR) is 56.9 cm³/mol. The van der Waals surface area contributed by atoms with Crippen LogP contribution in [0.2, 0.25) is 10.0 Å². The number of aliphatic carboxylic acids is 1. The van der Waals surface area contributed by atoms with Crippen LogP contribution in [0.25, 0.3) is 0 Å². The number of carboxylic acid groups (broad SMARTS) is 1. The van der Waals surface area contributed by atoms with Gasteiger partial charge in [0.05, 0.1) is 6.07 Å². The predicted octanol–water partition coefficient (Wildman–Crippen LogP) is 2.76. The lowest BCUT2D eigenvalue weighted by Gasteiger charge is -2.06. The quantitative estimate of drug-likeness (QED) is 0.889. The molecule has 15 heavy (non-hydrogen) atoms. The maximum absolute atomic E-state index is 10.6. The molecule has 5 heteroatoms. The van der Waals surface area contributed by atoms with Crippen LogP contribution in [0.4, 0.5) is 0 Å². The molecule has 1 atom stereocenters. The molecule has 0 radical (unpaired) electrons. The topological polar surface area (TPSA) is 61.1 Å². The number of carbonyl (C=O) groups is 1. The highest BCUT2D eigenvalue weighted by Gasteiger charge is 2.18. The molecular weight excluding hydrogens is 237 g/mol. The van der Waals surface area contributed by atoms with Crippen LogP contribution in [0.15, 0.2) is 18.2 Å². The Hall–Kier alpha value is -1.24. The van der Waals surface area contributed by atoms with Crippen molar-refractivity contribution < 1.29 is 9.90 Å². The van der Waals surface area contributed by atoms with Crippen LogP contribution >= 0.6 is 23.2 Å². The van der Waals surface area contributed by atoms with Crippen molar-refractivity contribution in [3.63, 3.8) is 0 Å². The van der Waals surface area contributed by atoms with Crippen LogP contribution < -0.4 is 0 Å². The minimum atomic E-state index is -1.15. The van der Waals surface area contributed by atoms with E-state index in [1.807, 2.05) is 0 Å². The largest absolute Gasteiger partial charge is 0.480 e. The number of nitriles is 1. The van der Waals surface area contributed by atoms with Gasteiger partial charge in [0.2, 0.25) is 0 Å². The Morgan fingerprint density at radius 3 is 2.67 bits per heavy atom. The van der Waals surface area contributed by atoms with Crippen molar-refractivity contribution in [1.82, 2.24) is 0 Å². The van der Waals surface area contributed by atoms with E-state index in [1.165, 1.54) is 6.07 Å². The second-order valence-corrected chi connectivity index (χ2v) is 3.80. The van der Waals surface area contributed by atoms with Crippen molar-refractivity contribution in [2.24, 2.45) is 5.92 Å². The van der Waals surface area contributed by atoms with Crippen molar-refractivity contribution in [3.05, 3.63) is 33.8 Å². The molecule has 3 nitrogen and oxygen atoms in total. The molecule has 78 valence electrons. The van der Waals surface area contributed by atoms with Gasteiger partial charge in [0.15, 0.2) is 0 Å². The van der Waals surface area contributed by atoms with E-state index in [-0.39, 0.29) is 6.42 Å². The van der Waals surface area contributed by atoms with Gasteiger partial charge in [-0.2, -0.15) is 5.26 Å². The highest BCUT2D eigenvalue weighted by atomic mass is 35.5. The Labute approximate surface area is 96.8 Å². The standard InChI is InChI=1S/C10H7Cl2NO2/c11-8-2-1-6(9(12)4-8)3-7(5-13)10(14)15/h1-2,4,7H,3H2,(H,14,15). The summed E-state index contributed by atoms with van der Waals surface area (Å²) in [4.78, 5) is 10.6. The highest BCUT2D eigenvalue weighted by molar-refractivity contribution is 6.35. The molecule has 1 unspecified atom stereocenters. The number of benzene rings is 1. The minimum absolute atomic E-state index is 0.0852. The van der Waals surface area contributed by atoms with Gasteiger partial charge in [-0.3, -0.25) is 4.79 Å². The number of hydrogen-bond acceptors (Lipinski definition) is 2.